The summed E-state index contributed by atoms with van der Waals surface area (Å²) in [6, 6.07) is 10.9. The van der Waals surface area contributed by atoms with Crippen molar-refractivity contribution in [2.45, 2.75) is 83.4 Å². The van der Waals surface area contributed by atoms with Gasteiger partial charge in [0, 0.05) is 12.0 Å². The molecule has 0 bridgehead atoms. The predicted molar refractivity (Wildman–Crippen MR) is 134 cm³/mol. The van der Waals surface area contributed by atoms with Crippen molar-refractivity contribution in [3.05, 3.63) is 70.8 Å². The smallest absolute Gasteiger partial charge is 0.416 e. The van der Waals surface area contributed by atoms with Gasteiger partial charge in [0.05, 0.1) is 11.6 Å². The Bertz CT molecular complexity index is 1040. The molecule has 2 rings (SSSR count). The van der Waals surface area contributed by atoms with E-state index in [1.54, 1.807) is 0 Å². The molecule has 2 aromatic carbocycles. The lowest BCUT2D eigenvalue weighted by Crippen LogP contribution is -2.35. The lowest BCUT2D eigenvalue weighted by atomic mass is 9.96. The van der Waals surface area contributed by atoms with Gasteiger partial charge in [-0.3, -0.25) is 4.79 Å². The van der Waals surface area contributed by atoms with Crippen molar-refractivity contribution in [2.75, 3.05) is 0 Å². The van der Waals surface area contributed by atoms with Gasteiger partial charge in [-0.15, -0.1) is 0 Å². The van der Waals surface area contributed by atoms with Crippen LogP contribution in [-0.2, 0) is 22.2 Å². The standard InChI is InChI=1S/C29H34F3NO3/c1-2-3-4-5-6-7-8-9-10-11-13-22-14-12-15-23(20-22)21-26(33-27(34)28(35)36)24-16-18-25(19-17-24)29(30,31)32/h12,14-20,26H,2-10,21H2,1H3,(H,33,34)(H,35,36). The van der Waals surface area contributed by atoms with Crippen molar-refractivity contribution >= 4 is 11.9 Å². The number of rotatable bonds is 12. The number of benzene rings is 2. The quantitative estimate of drug-likeness (QED) is 0.186. The van der Waals surface area contributed by atoms with Crippen molar-refractivity contribution in [3.8, 4) is 11.8 Å². The second kappa shape index (κ2) is 15.0. The zero-order chi connectivity index (χ0) is 26.4. The molecule has 1 atom stereocenters. The first-order chi connectivity index (χ1) is 17.2. The predicted octanol–water partition coefficient (Wildman–Crippen LogP) is 7.07. The highest BCUT2D eigenvalue weighted by molar-refractivity contribution is 6.31. The van der Waals surface area contributed by atoms with E-state index >= 15 is 0 Å². The fraction of sp³-hybridized carbons (Fsp3) is 0.448. The molecule has 4 nitrogen and oxygen atoms in total. The first-order valence-electron chi connectivity index (χ1n) is 12.5. The van der Waals surface area contributed by atoms with Gasteiger partial charge in [-0.2, -0.15) is 13.2 Å². The van der Waals surface area contributed by atoms with Gasteiger partial charge in [-0.05, 0) is 48.2 Å². The van der Waals surface area contributed by atoms with Crippen LogP contribution in [-0.4, -0.2) is 17.0 Å². The second-order valence-corrected chi connectivity index (χ2v) is 8.88. The maximum absolute atomic E-state index is 12.9. The monoisotopic (exact) mass is 501 g/mol. The van der Waals surface area contributed by atoms with Crippen molar-refractivity contribution in [1.82, 2.24) is 5.32 Å². The molecule has 0 spiro atoms. The number of nitrogens with one attached hydrogen (secondary N) is 1. The molecule has 0 aliphatic rings. The molecule has 0 aliphatic heterocycles. The van der Waals surface area contributed by atoms with Crippen molar-refractivity contribution in [1.29, 1.82) is 0 Å². The van der Waals surface area contributed by atoms with Gasteiger partial charge in [0.1, 0.15) is 0 Å². The van der Waals surface area contributed by atoms with Crippen LogP contribution >= 0.6 is 0 Å². The van der Waals surface area contributed by atoms with E-state index in [2.05, 4.69) is 24.1 Å². The minimum absolute atomic E-state index is 0.206. The van der Waals surface area contributed by atoms with E-state index in [0.717, 1.165) is 36.1 Å². The summed E-state index contributed by atoms with van der Waals surface area (Å²) >= 11 is 0. The minimum atomic E-state index is -4.49. The molecule has 36 heavy (non-hydrogen) atoms. The minimum Gasteiger partial charge on any atom is -0.474 e. The Morgan fingerprint density at radius 1 is 0.944 bits per heavy atom. The van der Waals surface area contributed by atoms with Crippen LogP contribution in [0, 0.1) is 11.8 Å². The first-order valence-corrected chi connectivity index (χ1v) is 12.5. The summed E-state index contributed by atoms with van der Waals surface area (Å²) in [5.74, 6) is 3.45. The van der Waals surface area contributed by atoms with Gasteiger partial charge in [-0.1, -0.05) is 88.0 Å². The Morgan fingerprint density at radius 2 is 1.58 bits per heavy atom. The SMILES string of the molecule is CCCCCCCCCCC#Cc1cccc(CC(NC(=O)C(=O)O)c2ccc(C(F)(F)F)cc2)c1. The average Bonchev–Trinajstić information content (AvgIpc) is 2.84. The lowest BCUT2D eigenvalue weighted by molar-refractivity contribution is -0.150. The molecule has 0 heterocycles. The maximum Gasteiger partial charge on any atom is 0.416 e. The molecular formula is C29H34F3NO3. The molecular weight excluding hydrogens is 467 g/mol. The van der Waals surface area contributed by atoms with E-state index in [-0.39, 0.29) is 6.42 Å². The fourth-order valence-electron chi connectivity index (χ4n) is 3.90. The van der Waals surface area contributed by atoms with Gasteiger partial charge in [0.15, 0.2) is 0 Å². The topological polar surface area (TPSA) is 66.4 Å². The van der Waals surface area contributed by atoms with Gasteiger partial charge >= 0.3 is 18.1 Å². The average molecular weight is 502 g/mol. The number of hydrogen-bond donors (Lipinski definition) is 2. The normalized spacial score (nSPS) is 11.9. The number of amides is 1. The summed E-state index contributed by atoms with van der Waals surface area (Å²) in [7, 11) is 0. The molecule has 0 saturated carbocycles. The van der Waals surface area contributed by atoms with Gasteiger partial charge < -0.3 is 10.4 Å². The maximum atomic E-state index is 12.9. The molecule has 0 saturated heterocycles. The molecule has 1 unspecified atom stereocenters. The molecule has 2 aromatic rings. The number of carbonyl (C=O) groups is 2. The van der Waals surface area contributed by atoms with Crippen LogP contribution in [0.25, 0.3) is 0 Å². The summed E-state index contributed by atoms with van der Waals surface area (Å²) in [5, 5.41) is 11.4. The van der Waals surface area contributed by atoms with E-state index in [1.807, 2.05) is 24.3 Å². The number of carboxylic acid groups (broad SMARTS) is 1. The summed E-state index contributed by atoms with van der Waals surface area (Å²) in [4.78, 5) is 22.9. The number of aliphatic carboxylic acids is 1. The Balaban J connectivity index is 2.00. The van der Waals surface area contributed by atoms with Crippen LogP contribution in [0.2, 0.25) is 0 Å². The van der Waals surface area contributed by atoms with Crippen LogP contribution in [0.3, 0.4) is 0 Å². The van der Waals surface area contributed by atoms with E-state index in [4.69, 9.17) is 5.11 Å². The molecule has 194 valence electrons. The molecule has 0 fully saturated rings. The van der Waals surface area contributed by atoms with E-state index in [0.29, 0.717) is 5.56 Å². The number of unbranched alkanes of at least 4 members (excludes halogenated alkanes) is 8. The van der Waals surface area contributed by atoms with Gasteiger partial charge in [0.25, 0.3) is 0 Å². The van der Waals surface area contributed by atoms with Crippen LogP contribution in [0.15, 0.2) is 48.5 Å². The molecule has 0 aliphatic carbocycles. The summed E-state index contributed by atoms with van der Waals surface area (Å²) in [6.07, 6.45) is 6.42. The zero-order valence-corrected chi connectivity index (χ0v) is 20.7. The van der Waals surface area contributed by atoms with Crippen LogP contribution in [0.1, 0.15) is 93.0 Å². The van der Waals surface area contributed by atoms with Crippen molar-refractivity contribution in [2.24, 2.45) is 0 Å². The lowest BCUT2D eigenvalue weighted by Gasteiger charge is -2.19. The fourth-order valence-corrected chi connectivity index (χ4v) is 3.90. The Morgan fingerprint density at radius 3 is 2.19 bits per heavy atom. The van der Waals surface area contributed by atoms with Crippen molar-refractivity contribution in [3.63, 3.8) is 0 Å². The number of halogens is 3. The molecule has 7 heteroatoms. The van der Waals surface area contributed by atoms with Gasteiger partial charge in [0.2, 0.25) is 0 Å². The van der Waals surface area contributed by atoms with Gasteiger partial charge in [-0.25, -0.2) is 4.79 Å². The number of hydrogen-bond acceptors (Lipinski definition) is 2. The molecule has 2 N–H and O–H groups in total. The number of carboxylic acids is 1. The van der Waals surface area contributed by atoms with Crippen molar-refractivity contribution < 1.29 is 27.9 Å². The Labute approximate surface area is 211 Å². The van der Waals surface area contributed by atoms with E-state index < -0.39 is 29.7 Å². The zero-order valence-electron chi connectivity index (χ0n) is 20.7. The van der Waals surface area contributed by atoms with E-state index in [9.17, 15) is 22.8 Å². The Kier molecular flexibility index (Phi) is 12.0. The van der Waals surface area contributed by atoms with Crippen LogP contribution in [0.4, 0.5) is 13.2 Å². The highest BCUT2D eigenvalue weighted by Crippen LogP contribution is 2.30. The highest BCUT2D eigenvalue weighted by atomic mass is 19.4. The highest BCUT2D eigenvalue weighted by Gasteiger charge is 2.30. The number of carbonyl (C=O) groups excluding carboxylic acids is 1. The molecule has 0 radical (unpaired) electrons. The number of alkyl halides is 3. The first kappa shape index (κ1) is 29.0. The second-order valence-electron chi connectivity index (χ2n) is 8.88. The molecule has 0 aromatic heterocycles. The third-order valence-corrected chi connectivity index (χ3v) is 5.89. The molecule has 1 amide bonds. The van der Waals surface area contributed by atoms with Crippen LogP contribution < -0.4 is 5.32 Å². The summed E-state index contributed by atoms with van der Waals surface area (Å²) < 4.78 is 38.7. The summed E-state index contributed by atoms with van der Waals surface area (Å²) in [6.45, 7) is 2.21. The van der Waals surface area contributed by atoms with E-state index in [1.165, 1.54) is 57.1 Å². The third-order valence-electron chi connectivity index (χ3n) is 5.89. The summed E-state index contributed by atoms with van der Waals surface area (Å²) in [5.41, 5.74) is 1.14. The van der Waals surface area contributed by atoms with Crippen LogP contribution in [0.5, 0.6) is 0 Å². The largest absolute Gasteiger partial charge is 0.474 e. The Hall–Kier alpha value is -3.27. The third kappa shape index (κ3) is 10.6.